The third-order valence-electron chi connectivity index (χ3n) is 3.16. The van der Waals surface area contributed by atoms with Gasteiger partial charge in [-0.25, -0.2) is 0 Å². The smallest absolute Gasteiger partial charge is 0.123 e. The minimum Gasteiger partial charge on any atom is -0.490 e. The van der Waals surface area contributed by atoms with E-state index in [0.717, 1.165) is 5.75 Å². The van der Waals surface area contributed by atoms with Crippen LogP contribution in [0, 0.1) is 13.8 Å². The lowest BCUT2D eigenvalue weighted by molar-refractivity contribution is 0.232. The summed E-state index contributed by atoms with van der Waals surface area (Å²) in [6.07, 6.45) is 0.303. The van der Waals surface area contributed by atoms with Crippen LogP contribution in [-0.2, 0) is 0 Å². The van der Waals surface area contributed by atoms with Gasteiger partial charge in [-0.3, -0.25) is 0 Å². The highest BCUT2D eigenvalue weighted by atomic mass is 79.9. The molecule has 1 heterocycles. The molecule has 0 amide bonds. The molecule has 0 bridgehead atoms. The molecule has 0 aromatic heterocycles. The second kappa shape index (κ2) is 3.27. The van der Waals surface area contributed by atoms with Crippen LogP contribution in [0.3, 0.4) is 0 Å². The molecule has 1 nitrogen and oxygen atoms in total. The zero-order chi connectivity index (χ0) is 10.5. The van der Waals surface area contributed by atoms with Gasteiger partial charge in [-0.1, -0.05) is 22.9 Å². The summed E-state index contributed by atoms with van der Waals surface area (Å²) in [4.78, 5) is 0. The molecule has 0 fully saturated rings. The van der Waals surface area contributed by atoms with E-state index in [4.69, 9.17) is 4.74 Å². The number of halogens is 1. The van der Waals surface area contributed by atoms with Crippen LogP contribution >= 0.6 is 15.9 Å². The number of rotatable bonds is 0. The fourth-order valence-corrected chi connectivity index (χ4v) is 2.47. The number of aryl methyl sites for hydroxylation is 1. The number of fused-ring (bicyclic) bond motifs is 1. The molecule has 1 aliphatic rings. The minimum atomic E-state index is 0.303. The number of hydrogen-bond donors (Lipinski definition) is 0. The molecule has 0 saturated heterocycles. The zero-order valence-corrected chi connectivity index (χ0v) is 10.6. The van der Waals surface area contributed by atoms with E-state index in [0.29, 0.717) is 12.0 Å². The third kappa shape index (κ3) is 1.28. The summed E-state index contributed by atoms with van der Waals surface area (Å²) < 4.78 is 7.04. The van der Waals surface area contributed by atoms with Crippen LogP contribution in [0.25, 0.3) is 0 Å². The van der Waals surface area contributed by atoms with Crippen LogP contribution in [0.15, 0.2) is 10.5 Å². The second-order valence-corrected chi connectivity index (χ2v) is 4.95. The second-order valence-electron chi connectivity index (χ2n) is 4.16. The quantitative estimate of drug-likeness (QED) is 0.682. The average Bonchev–Trinajstić information content (AvgIpc) is 2.39. The first-order chi connectivity index (χ1) is 6.52. The molecule has 14 heavy (non-hydrogen) atoms. The lowest BCUT2D eigenvalue weighted by Crippen LogP contribution is -2.10. The largest absolute Gasteiger partial charge is 0.490 e. The highest BCUT2D eigenvalue weighted by Crippen LogP contribution is 2.43. The predicted octanol–water partition coefficient (Wildman–Crippen LogP) is 3.95. The summed E-state index contributed by atoms with van der Waals surface area (Å²) in [5.41, 5.74) is 3.95. The van der Waals surface area contributed by atoms with E-state index in [-0.39, 0.29) is 0 Å². The van der Waals surface area contributed by atoms with Crippen molar-refractivity contribution in [3.8, 4) is 5.75 Å². The van der Waals surface area contributed by atoms with Crippen molar-refractivity contribution in [2.24, 2.45) is 0 Å². The van der Waals surface area contributed by atoms with Crippen molar-refractivity contribution in [3.63, 3.8) is 0 Å². The third-order valence-corrected chi connectivity index (χ3v) is 4.39. The maximum Gasteiger partial charge on any atom is 0.123 e. The zero-order valence-electron chi connectivity index (χ0n) is 9.02. The molecule has 0 N–H and O–H groups in total. The highest BCUT2D eigenvalue weighted by molar-refractivity contribution is 9.10. The molecule has 1 aliphatic heterocycles. The van der Waals surface area contributed by atoms with Gasteiger partial charge in [0.2, 0.25) is 0 Å². The van der Waals surface area contributed by atoms with Crippen molar-refractivity contribution in [3.05, 3.63) is 27.2 Å². The normalized spacial score (nSPS) is 24.6. The Labute approximate surface area is 93.6 Å². The molecular formula is C12H15BrO. The van der Waals surface area contributed by atoms with Gasteiger partial charge in [0.25, 0.3) is 0 Å². The summed E-state index contributed by atoms with van der Waals surface area (Å²) in [5.74, 6) is 1.57. The molecule has 0 spiro atoms. The molecule has 76 valence electrons. The molecule has 0 radical (unpaired) electrons. The fraction of sp³-hybridized carbons (Fsp3) is 0.500. The van der Waals surface area contributed by atoms with Gasteiger partial charge in [-0.15, -0.1) is 0 Å². The van der Waals surface area contributed by atoms with Crippen LogP contribution in [0.1, 0.15) is 36.5 Å². The minimum absolute atomic E-state index is 0.303. The number of benzene rings is 1. The van der Waals surface area contributed by atoms with Gasteiger partial charge < -0.3 is 4.74 Å². The van der Waals surface area contributed by atoms with E-state index in [1.54, 1.807) is 0 Å². The van der Waals surface area contributed by atoms with Gasteiger partial charge in [0.15, 0.2) is 0 Å². The summed E-state index contributed by atoms with van der Waals surface area (Å²) in [7, 11) is 0. The van der Waals surface area contributed by atoms with Crippen molar-refractivity contribution >= 4 is 15.9 Å². The molecule has 2 heteroatoms. The van der Waals surface area contributed by atoms with Gasteiger partial charge in [0.1, 0.15) is 11.9 Å². The van der Waals surface area contributed by atoms with Crippen LogP contribution in [0.5, 0.6) is 5.75 Å². The lowest BCUT2D eigenvalue weighted by atomic mass is 9.93. The van der Waals surface area contributed by atoms with Gasteiger partial charge in [-0.2, -0.15) is 0 Å². The fourth-order valence-electron chi connectivity index (χ4n) is 2.14. The van der Waals surface area contributed by atoms with Crippen molar-refractivity contribution in [2.75, 3.05) is 0 Å². The Morgan fingerprint density at radius 3 is 2.57 bits per heavy atom. The molecule has 2 rings (SSSR count). The van der Waals surface area contributed by atoms with E-state index in [9.17, 15) is 0 Å². The summed E-state index contributed by atoms with van der Waals surface area (Å²) in [5, 5.41) is 0. The summed E-state index contributed by atoms with van der Waals surface area (Å²) in [6, 6.07) is 2.13. The van der Waals surface area contributed by atoms with Crippen molar-refractivity contribution in [1.29, 1.82) is 0 Å². The average molecular weight is 255 g/mol. The van der Waals surface area contributed by atoms with Crippen LogP contribution < -0.4 is 4.74 Å². The van der Waals surface area contributed by atoms with Gasteiger partial charge >= 0.3 is 0 Å². The van der Waals surface area contributed by atoms with Crippen LogP contribution in [-0.4, -0.2) is 6.10 Å². The van der Waals surface area contributed by atoms with Gasteiger partial charge in [-0.05, 0) is 38.0 Å². The molecule has 1 aromatic rings. The monoisotopic (exact) mass is 254 g/mol. The Morgan fingerprint density at radius 1 is 1.29 bits per heavy atom. The molecule has 0 aliphatic carbocycles. The Bertz CT molecular complexity index is 384. The Hall–Kier alpha value is -0.500. The van der Waals surface area contributed by atoms with Crippen molar-refractivity contribution in [1.82, 2.24) is 0 Å². The van der Waals surface area contributed by atoms with E-state index in [1.165, 1.54) is 21.2 Å². The number of ether oxygens (including phenoxy) is 1. The molecule has 0 saturated carbocycles. The van der Waals surface area contributed by atoms with Crippen molar-refractivity contribution < 1.29 is 4.74 Å². The Balaban J connectivity index is 2.65. The van der Waals surface area contributed by atoms with Gasteiger partial charge in [0, 0.05) is 16.0 Å². The topological polar surface area (TPSA) is 9.23 Å². The molecule has 1 aromatic carbocycles. The highest BCUT2D eigenvalue weighted by Gasteiger charge is 2.30. The summed E-state index contributed by atoms with van der Waals surface area (Å²) in [6.45, 7) is 8.63. The van der Waals surface area contributed by atoms with E-state index in [2.05, 4.69) is 49.7 Å². The van der Waals surface area contributed by atoms with E-state index >= 15 is 0 Å². The first kappa shape index (κ1) is 10.0. The predicted molar refractivity (Wildman–Crippen MR) is 62.1 cm³/mol. The SMILES string of the molecule is Cc1cc2c(c(C)c1Br)C(C)C(C)O2. The van der Waals surface area contributed by atoms with Crippen LogP contribution in [0.4, 0.5) is 0 Å². The molecule has 2 atom stereocenters. The molecular weight excluding hydrogens is 240 g/mol. The van der Waals surface area contributed by atoms with E-state index < -0.39 is 0 Å². The lowest BCUT2D eigenvalue weighted by Gasteiger charge is -2.10. The number of hydrogen-bond acceptors (Lipinski definition) is 1. The first-order valence-corrected chi connectivity index (χ1v) is 5.78. The standard InChI is InChI=1S/C12H15BrO/c1-6-5-10-11(8(3)12(6)13)7(2)9(4)14-10/h5,7,9H,1-4H3. The Kier molecular flexibility index (Phi) is 2.34. The molecule has 2 unspecified atom stereocenters. The maximum atomic E-state index is 5.81. The van der Waals surface area contributed by atoms with Crippen LogP contribution in [0.2, 0.25) is 0 Å². The summed E-state index contributed by atoms with van der Waals surface area (Å²) >= 11 is 3.62. The van der Waals surface area contributed by atoms with Gasteiger partial charge in [0.05, 0.1) is 0 Å². The Morgan fingerprint density at radius 2 is 1.93 bits per heavy atom. The van der Waals surface area contributed by atoms with E-state index in [1.807, 2.05) is 0 Å². The maximum absolute atomic E-state index is 5.81. The first-order valence-electron chi connectivity index (χ1n) is 4.98. The van der Waals surface area contributed by atoms with Crippen molar-refractivity contribution in [2.45, 2.75) is 39.7 Å².